The molecule has 2 aromatic carbocycles. The van der Waals surface area contributed by atoms with Crippen LogP contribution in [0.1, 0.15) is 80.5 Å². The number of hydrogen-bond donors (Lipinski definition) is 6. The van der Waals surface area contributed by atoms with E-state index in [9.17, 15) is 30.3 Å². The standard InChI is InChI=1S/C43H61NO6S2/c1-28(46)40(43(49)50)41-35-18-17-34(38(41)19-20-44)23-33(15-8-16-39(47)42(48)31-11-3-2-4-12-31)37(22-29-9-7-10-30(21-29)25-45)27-52-51-26-36-14-6-5-13-32(36)24-35/h5-10,13-14,16-18,21,28,31,33-35,37-42,45-48H,2-4,11-12,15,19-20,22-27,44H2,1H3,(H,49,50). The Morgan fingerprint density at radius 1 is 0.942 bits per heavy atom. The summed E-state index contributed by atoms with van der Waals surface area (Å²) in [5, 5.41) is 53.7. The second-order valence-electron chi connectivity index (χ2n) is 15.6. The number of aliphatic hydroxyl groups is 4. The number of allylic oxidation sites excluding steroid dienone is 3. The molecule has 10 unspecified atom stereocenters. The molecule has 2 aromatic rings. The molecule has 9 heteroatoms. The third-order valence-electron chi connectivity index (χ3n) is 12.2. The summed E-state index contributed by atoms with van der Waals surface area (Å²) in [6.45, 7) is 2.03. The smallest absolute Gasteiger partial charge is 0.309 e. The molecule has 2 aliphatic carbocycles. The van der Waals surface area contributed by atoms with E-state index in [0.29, 0.717) is 25.8 Å². The SMILES string of the molecule is CC(O)C(C(=O)O)C1C2C=CC(CC(CC=CC(O)C(O)C3CCCCC3)C(Cc3cccc(CO)c3)CSSCc3ccccc3C2)C1CCN. The van der Waals surface area contributed by atoms with E-state index in [1.54, 1.807) is 13.0 Å². The van der Waals surface area contributed by atoms with Gasteiger partial charge >= 0.3 is 5.97 Å². The van der Waals surface area contributed by atoms with Crippen LogP contribution in [0.25, 0.3) is 0 Å². The highest BCUT2D eigenvalue weighted by Gasteiger charge is 2.46. The number of hydrogen-bond acceptors (Lipinski definition) is 8. The van der Waals surface area contributed by atoms with Crippen LogP contribution in [0.3, 0.4) is 0 Å². The maximum Gasteiger partial charge on any atom is 0.309 e. The van der Waals surface area contributed by atoms with Crippen molar-refractivity contribution in [2.24, 2.45) is 53.1 Å². The van der Waals surface area contributed by atoms with Crippen LogP contribution in [0.4, 0.5) is 0 Å². The maximum absolute atomic E-state index is 12.9. The number of benzene rings is 2. The largest absolute Gasteiger partial charge is 0.481 e. The lowest BCUT2D eigenvalue weighted by Crippen LogP contribution is -2.46. The Labute approximate surface area is 319 Å². The van der Waals surface area contributed by atoms with Crippen molar-refractivity contribution in [2.45, 2.75) is 102 Å². The molecule has 6 rings (SSSR count). The molecule has 0 amide bonds. The van der Waals surface area contributed by atoms with Gasteiger partial charge in [0.25, 0.3) is 0 Å². The quantitative estimate of drug-likeness (QED) is 0.0926. The predicted octanol–water partition coefficient (Wildman–Crippen LogP) is 7.20. The van der Waals surface area contributed by atoms with E-state index in [-0.39, 0.29) is 48.0 Å². The number of nitrogens with two attached hydrogens (primary N) is 1. The minimum atomic E-state index is -1.01. The van der Waals surface area contributed by atoms with E-state index in [1.165, 1.54) is 23.1 Å². The van der Waals surface area contributed by atoms with Gasteiger partial charge in [0.05, 0.1) is 30.8 Å². The van der Waals surface area contributed by atoms with Gasteiger partial charge in [0.15, 0.2) is 0 Å². The van der Waals surface area contributed by atoms with Crippen molar-refractivity contribution in [3.63, 3.8) is 0 Å². The number of rotatable bonds is 13. The van der Waals surface area contributed by atoms with E-state index < -0.39 is 30.2 Å². The summed E-state index contributed by atoms with van der Waals surface area (Å²) < 4.78 is 0. The summed E-state index contributed by atoms with van der Waals surface area (Å²) in [6, 6.07) is 16.7. The van der Waals surface area contributed by atoms with Crippen molar-refractivity contribution in [3.05, 3.63) is 95.1 Å². The lowest BCUT2D eigenvalue weighted by atomic mass is 9.60. The third-order valence-corrected chi connectivity index (χ3v) is 14.6. The van der Waals surface area contributed by atoms with Crippen LogP contribution in [-0.2, 0) is 30.0 Å². The minimum Gasteiger partial charge on any atom is -0.481 e. The molecule has 7 nitrogen and oxygen atoms in total. The molecule has 2 bridgehead atoms. The first-order valence-electron chi connectivity index (χ1n) is 19.5. The lowest BCUT2D eigenvalue weighted by Gasteiger charge is -2.45. The van der Waals surface area contributed by atoms with Crippen LogP contribution in [0.2, 0.25) is 0 Å². The Morgan fingerprint density at radius 2 is 1.67 bits per heavy atom. The Balaban J connectivity index is 1.53. The molecule has 52 heavy (non-hydrogen) atoms. The fourth-order valence-corrected chi connectivity index (χ4v) is 12.0. The van der Waals surface area contributed by atoms with Gasteiger partial charge in [0.1, 0.15) is 0 Å². The number of carboxylic acid groups (broad SMARTS) is 1. The summed E-state index contributed by atoms with van der Waals surface area (Å²) in [6.07, 6.45) is 14.7. The zero-order valence-electron chi connectivity index (χ0n) is 30.7. The zero-order chi connectivity index (χ0) is 37.0. The van der Waals surface area contributed by atoms with Gasteiger partial charge in [-0.15, -0.1) is 0 Å². The van der Waals surface area contributed by atoms with E-state index in [4.69, 9.17) is 5.73 Å². The molecule has 2 heterocycles. The number of carbonyl (C=O) groups is 1. The summed E-state index contributed by atoms with van der Waals surface area (Å²) in [7, 11) is 3.75. The third kappa shape index (κ3) is 11.0. The Kier molecular flexibility index (Phi) is 16.2. The molecular formula is C43H61NO6S2. The summed E-state index contributed by atoms with van der Waals surface area (Å²) in [5.74, 6) is 0.0610. The predicted molar refractivity (Wildman–Crippen MR) is 213 cm³/mol. The van der Waals surface area contributed by atoms with Crippen LogP contribution in [-0.4, -0.2) is 62.1 Å². The van der Waals surface area contributed by atoms with Gasteiger partial charge in [-0.05, 0) is 122 Å². The van der Waals surface area contributed by atoms with Gasteiger partial charge in [-0.3, -0.25) is 4.79 Å². The summed E-state index contributed by atoms with van der Waals surface area (Å²) in [5.41, 5.74) is 10.9. The molecule has 286 valence electrons. The number of aliphatic carboxylic acids is 1. The molecule has 1 saturated carbocycles. The van der Waals surface area contributed by atoms with Crippen LogP contribution in [0.15, 0.2) is 72.8 Å². The van der Waals surface area contributed by atoms with Gasteiger partial charge in [0, 0.05) is 11.5 Å². The molecule has 1 fully saturated rings. The van der Waals surface area contributed by atoms with Gasteiger partial charge in [-0.1, -0.05) is 114 Å². The molecule has 4 aliphatic rings. The molecule has 0 saturated heterocycles. The number of fused-ring (bicyclic) bond motifs is 7. The first-order chi connectivity index (χ1) is 25.2. The van der Waals surface area contributed by atoms with Crippen molar-refractivity contribution in [3.8, 4) is 0 Å². The normalized spacial score (nSPS) is 28.5. The van der Waals surface area contributed by atoms with Crippen molar-refractivity contribution in [2.75, 3.05) is 12.3 Å². The fraction of sp³-hybridized carbons (Fsp3) is 0.605. The van der Waals surface area contributed by atoms with Crippen LogP contribution >= 0.6 is 21.6 Å². The Morgan fingerprint density at radius 3 is 2.38 bits per heavy atom. The topological polar surface area (TPSA) is 144 Å². The summed E-state index contributed by atoms with van der Waals surface area (Å²) in [4.78, 5) is 12.9. The summed E-state index contributed by atoms with van der Waals surface area (Å²) >= 11 is 0. The highest BCUT2D eigenvalue weighted by molar-refractivity contribution is 8.76. The first-order valence-corrected chi connectivity index (χ1v) is 22.0. The van der Waals surface area contributed by atoms with Crippen molar-refractivity contribution < 1.29 is 30.3 Å². The second-order valence-corrected chi connectivity index (χ2v) is 18.1. The second kappa shape index (κ2) is 20.5. The fourth-order valence-electron chi connectivity index (χ4n) is 9.44. The van der Waals surface area contributed by atoms with E-state index in [1.807, 2.05) is 33.7 Å². The number of aliphatic hydroxyl groups excluding tert-OH is 4. The monoisotopic (exact) mass is 751 g/mol. The highest BCUT2D eigenvalue weighted by atomic mass is 33.1. The average molecular weight is 752 g/mol. The van der Waals surface area contributed by atoms with Gasteiger partial charge in [0.2, 0.25) is 0 Å². The molecule has 0 aromatic heterocycles. The Bertz CT molecular complexity index is 1460. The number of carboxylic acids is 1. The van der Waals surface area contributed by atoms with Gasteiger partial charge in [-0.2, -0.15) is 0 Å². The lowest BCUT2D eigenvalue weighted by molar-refractivity contribution is -0.151. The zero-order valence-corrected chi connectivity index (χ0v) is 32.3. The van der Waals surface area contributed by atoms with E-state index >= 15 is 0 Å². The minimum absolute atomic E-state index is 0.0138. The molecule has 2 aliphatic heterocycles. The van der Waals surface area contributed by atoms with Crippen molar-refractivity contribution in [1.29, 1.82) is 0 Å². The molecule has 0 spiro atoms. The molecule has 7 N–H and O–H groups in total. The van der Waals surface area contributed by atoms with Gasteiger partial charge < -0.3 is 31.3 Å². The Hall–Kier alpha value is -2.11. The van der Waals surface area contributed by atoms with Crippen LogP contribution < -0.4 is 5.73 Å². The van der Waals surface area contributed by atoms with E-state index in [2.05, 4.69) is 54.6 Å². The first kappa shape index (κ1) is 41.1. The van der Waals surface area contributed by atoms with Crippen LogP contribution in [0, 0.1) is 47.3 Å². The average Bonchev–Trinajstić information content (AvgIpc) is 3.14. The van der Waals surface area contributed by atoms with Crippen LogP contribution in [0.5, 0.6) is 0 Å². The van der Waals surface area contributed by atoms with Gasteiger partial charge in [-0.25, -0.2) is 0 Å². The molecule has 0 radical (unpaired) electrons. The maximum atomic E-state index is 12.9. The molecule has 10 atom stereocenters. The van der Waals surface area contributed by atoms with E-state index in [0.717, 1.165) is 55.6 Å². The van der Waals surface area contributed by atoms with Crippen molar-refractivity contribution >= 4 is 27.6 Å². The molecular weight excluding hydrogens is 691 g/mol. The van der Waals surface area contributed by atoms with Crippen molar-refractivity contribution in [1.82, 2.24) is 0 Å². The highest BCUT2D eigenvalue weighted by Crippen LogP contribution is 2.48.